The van der Waals surface area contributed by atoms with E-state index in [1.54, 1.807) is 29.7 Å². The van der Waals surface area contributed by atoms with E-state index in [1.165, 1.54) is 0 Å². The SMILES string of the molecule is NC(=NCCCCCC(=O)N[C@@H]1CN[C@H](C(=O)Nc2cccc(Cl)c2)C1)N[N+](=O)[O-]. The fraction of sp³-hybridized carbons (Fsp3) is 0.500. The number of halogens is 1. The fourth-order valence-corrected chi connectivity index (χ4v) is 3.23. The van der Waals surface area contributed by atoms with Gasteiger partial charge in [-0.15, -0.1) is 0 Å². The lowest BCUT2D eigenvalue weighted by molar-refractivity contribution is -0.525. The summed E-state index contributed by atoms with van der Waals surface area (Å²) in [7, 11) is 0. The molecule has 0 saturated carbocycles. The molecule has 0 aromatic heterocycles. The van der Waals surface area contributed by atoms with Crippen molar-refractivity contribution in [2.24, 2.45) is 10.7 Å². The highest BCUT2D eigenvalue weighted by Crippen LogP contribution is 2.16. The minimum atomic E-state index is -0.771. The third-order valence-electron chi connectivity index (χ3n) is 4.45. The molecule has 2 atom stereocenters. The van der Waals surface area contributed by atoms with Gasteiger partial charge in [0.2, 0.25) is 11.8 Å². The Balaban J connectivity index is 1.60. The van der Waals surface area contributed by atoms with E-state index < -0.39 is 5.03 Å². The first kappa shape index (κ1) is 23.4. The molecule has 1 aromatic rings. The molecule has 2 amide bonds. The number of nitrogens with two attached hydrogens (primary N) is 1. The van der Waals surface area contributed by atoms with Crippen molar-refractivity contribution in [2.45, 2.75) is 44.2 Å². The molecular formula is C18H26ClN7O4. The summed E-state index contributed by atoms with van der Waals surface area (Å²) in [5.74, 6) is -0.475. The molecule has 1 fully saturated rings. The van der Waals surface area contributed by atoms with Crippen molar-refractivity contribution in [3.8, 4) is 0 Å². The van der Waals surface area contributed by atoms with E-state index in [0.29, 0.717) is 49.5 Å². The summed E-state index contributed by atoms with van der Waals surface area (Å²) >= 11 is 5.92. The third-order valence-corrected chi connectivity index (χ3v) is 4.69. The minimum Gasteiger partial charge on any atom is -0.365 e. The van der Waals surface area contributed by atoms with Gasteiger partial charge in [-0.3, -0.25) is 9.59 Å². The van der Waals surface area contributed by atoms with Crippen molar-refractivity contribution in [1.82, 2.24) is 16.1 Å². The normalized spacial score (nSPS) is 18.6. The van der Waals surface area contributed by atoms with Gasteiger partial charge in [0.05, 0.1) is 6.04 Å². The van der Waals surface area contributed by atoms with Crippen molar-refractivity contribution < 1.29 is 14.6 Å². The highest BCUT2D eigenvalue weighted by Gasteiger charge is 2.30. The molecule has 2 rings (SSSR count). The van der Waals surface area contributed by atoms with Gasteiger partial charge < -0.3 is 21.7 Å². The standard InChI is InChI=1S/C18H26ClN7O4/c19-12-5-4-6-13(9-12)24-17(28)15-10-14(11-22-15)23-16(27)7-2-1-3-8-21-18(20)25-26(29)30/h4-6,9,14-15,22H,1-3,7-8,10-11H2,(H,23,27)(H,24,28)(H3,20,21,25)/t14-,15-/m0/s1. The number of nitrogens with one attached hydrogen (secondary N) is 4. The van der Waals surface area contributed by atoms with Crippen LogP contribution in [-0.4, -0.2) is 48.0 Å². The van der Waals surface area contributed by atoms with Gasteiger partial charge in [0.25, 0.3) is 5.96 Å². The Hall–Kier alpha value is -2.92. The molecule has 0 radical (unpaired) electrons. The number of unbranched alkanes of at least 4 members (excludes halogenated alkanes) is 2. The zero-order chi connectivity index (χ0) is 21.9. The molecule has 164 valence electrons. The number of amides is 2. The molecule has 1 aliphatic rings. The maximum absolute atomic E-state index is 12.3. The van der Waals surface area contributed by atoms with Crippen molar-refractivity contribution in [3.05, 3.63) is 39.4 Å². The average Bonchev–Trinajstić information content (AvgIpc) is 3.12. The molecule has 1 aromatic carbocycles. The smallest absolute Gasteiger partial charge is 0.251 e. The van der Waals surface area contributed by atoms with E-state index >= 15 is 0 Å². The highest BCUT2D eigenvalue weighted by molar-refractivity contribution is 6.30. The first-order valence-electron chi connectivity index (χ1n) is 9.63. The van der Waals surface area contributed by atoms with E-state index in [9.17, 15) is 19.7 Å². The number of nitro groups is 1. The first-order chi connectivity index (χ1) is 14.3. The van der Waals surface area contributed by atoms with Crippen molar-refractivity contribution in [1.29, 1.82) is 0 Å². The Labute approximate surface area is 178 Å². The van der Waals surface area contributed by atoms with Crippen LogP contribution in [0, 0.1) is 10.1 Å². The van der Waals surface area contributed by atoms with Crippen molar-refractivity contribution in [2.75, 3.05) is 18.4 Å². The fourth-order valence-electron chi connectivity index (χ4n) is 3.04. The minimum absolute atomic E-state index is 0.0734. The largest absolute Gasteiger partial charge is 0.365 e. The topological polar surface area (TPSA) is 164 Å². The molecule has 1 aliphatic heterocycles. The van der Waals surface area contributed by atoms with Gasteiger partial charge in [0.15, 0.2) is 5.03 Å². The lowest BCUT2D eigenvalue weighted by Crippen LogP contribution is -2.36. The number of guanidine groups is 1. The monoisotopic (exact) mass is 439 g/mol. The number of hydrazine groups is 1. The van der Waals surface area contributed by atoms with E-state index in [2.05, 4.69) is 20.9 Å². The highest BCUT2D eigenvalue weighted by atomic mass is 35.5. The molecule has 30 heavy (non-hydrogen) atoms. The van der Waals surface area contributed by atoms with Gasteiger partial charge in [-0.05, 0) is 37.5 Å². The molecular weight excluding hydrogens is 414 g/mol. The number of carbonyl (C=O) groups is 2. The predicted molar refractivity (Wildman–Crippen MR) is 114 cm³/mol. The van der Waals surface area contributed by atoms with Crippen LogP contribution in [0.5, 0.6) is 0 Å². The second-order valence-corrected chi connectivity index (χ2v) is 7.34. The van der Waals surface area contributed by atoms with Crippen molar-refractivity contribution >= 4 is 35.1 Å². The van der Waals surface area contributed by atoms with Crippen LogP contribution < -0.4 is 27.1 Å². The Morgan fingerprint density at radius 2 is 2.13 bits per heavy atom. The summed E-state index contributed by atoms with van der Waals surface area (Å²) in [6.45, 7) is 0.876. The van der Waals surface area contributed by atoms with Crippen molar-refractivity contribution in [3.63, 3.8) is 0 Å². The van der Waals surface area contributed by atoms with Gasteiger partial charge in [0.1, 0.15) is 0 Å². The summed E-state index contributed by atoms with van der Waals surface area (Å²) in [6, 6.07) is 6.43. The Bertz CT molecular complexity index is 790. The van der Waals surface area contributed by atoms with Gasteiger partial charge in [-0.1, -0.05) is 29.5 Å². The molecule has 0 bridgehead atoms. The maximum atomic E-state index is 12.3. The van der Waals surface area contributed by atoms with Crippen LogP contribution >= 0.6 is 11.6 Å². The van der Waals surface area contributed by atoms with Crippen LogP contribution in [0.25, 0.3) is 0 Å². The average molecular weight is 440 g/mol. The van der Waals surface area contributed by atoms with E-state index in [0.717, 1.165) is 6.42 Å². The maximum Gasteiger partial charge on any atom is 0.251 e. The zero-order valence-corrected chi connectivity index (χ0v) is 17.2. The second-order valence-electron chi connectivity index (χ2n) is 6.91. The van der Waals surface area contributed by atoms with Crippen LogP contribution in [0.15, 0.2) is 29.3 Å². The van der Waals surface area contributed by atoms with Gasteiger partial charge in [-0.25, -0.2) is 15.1 Å². The molecule has 1 heterocycles. The molecule has 0 aliphatic carbocycles. The van der Waals surface area contributed by atoms with E-state index in [4.69, 9.17) is 17.3 Å². The number of hydrogen-bond donors (Lipinski definition) is 5. The number of anilines is 1. The predicted octanol–water partition coefficient (Wildman–Crippen LogP) is 0.782. The molecule has 0 spiro atoms. The third kappa shape index (κ3) is 8.62. The van der Waals surface area contributed by atoms with Gasteiger partial charge >= 0.3 is 0 Å². The lowest BCUT2D eigenvalue weighted by atomic mass is 10.1. The van der Waals surface area contributed by atoms with Gasteiger partial charge in [-0.2, -0.15) is 0 Å². The van der Waals surface area contributed by atoms with Crippen LogP contribution in [-0.2, 0) is 9.59 Å². The van der Waals surface area contributed by atoms with E-state index in [1.807, 2.05) is 0 Å². The summed E-state index contributed by atoms with van der Waals surface area (Å²) in [5.41, 5.74) is 7.70. The summed E-state index contributed by atoms with van der Waals surface area (Å²) in [5, 5.41) is 18.8. The number of benzene rings is 1. The first-order valence-corrected chi connectivity index (χ1v) is 10.0. The molecule has 1 saturated heterocycles. The number of rotatable bonds is 10. The Morgan fingerprint density at radius 1 is 1.33 bits per heavy atom. The zero-order valence-electron chi connectivity index (χ0n) is 16.4. The number of carbonyl (C=O) groups excluding carboxylic acids is 2. The Morgan fingerprint density at radius 3 is 2.87 bits per heavy atom. The summed E-state index contributed by atoms with van der Waals surface area (Å²) in [4.78, 5) is 38.4. The Kier molecular flexibility index (Phi) is 9.29. The number of hydrogen-bond acceptors (Lipinski definition) is 6. The summed E-state index contributed by atoms with van der Waals surface area (Å²) in [6.07, 6.45) is 2.96. The van der Waals surface area contributed by atoms with Crippen LogP contribution in [0.1, 0.15) is 32.1 Å². The summed E-state index contributed by atoms with van der Waals surface area (Å²) < 4.78 is 0. The number of aliphatic imine (C=N–C) groups is 1. The van der Waals surface area contributed by atoms with Crippen LogP contribution in [0.3, 0.4) is 0 Å². The van der Waals surface area contributed by atoms with E-state index in [-0.39, 0.29) is 29.9 Å². The molecule has 11 nitrogen and oxygen atoms in total. The lowest BCUT2D eigenvalue weighted by Gasteiger charge is -2.13. The van der Waals surface area contributed by atoms with Crippen LogP contribution in [0.4, 0.5) is 5.69 Å². The second kappa shape index (κ2) is 11.9. The molecule has 6 N–H and O–H groups in total. The molecule has 0 unspecified atom stereocenters. The molecule has 12 heteroatoms. The van der Waals surface area contributed by atoms with Gasteiger partial charge in [0, 0.05) is 36.3 Å². The quantitative estimate of drug-likeness (QED) is 0.118. The van der Waals surface area contributed by atoms with Crippen LogP contribution in [0.2, 0.25) is 5.02 Å². The number of nitrogens with zero attached hydrogens (tertiary/aromatic N) is 2.